The number of amides is 1. The van der Waals surface area contributed by atoms with Crippen LogP contribution in [-0.4, -0.2) is 25.1 Å². The number of hydrogen-bond donors (Lipinski definition) is 1. The highest BCUT2D eigenvalue weighted by molar-refractivity contribution is 7.14. The fourth-order valence-electron chi connectivity index (χ4n) is 1.79. The summed E-state index contributed by atoms with van der Waals surface area (Å²) >= 11 is 1.27. The van der Waals surface area contributed by atoms with Gasteiger partial charge < -0.3 is 14.8 Å². The van der Waals surface area contributed by atoms with Crippen LogP contribution in [0.4, 0.5) is 5.00 Å². The summed E-state index contributed by atoms with van der Waals surface area (Å²) in [7, 11) is 0. The second-order valence-electron chi connectivity index (χ2n) is 4.54. The minimum Gasteiger partial charge on any atom is -0.484 e. The second-order valence-corrected chi connectivity index (χ2v) is 5.45. The van der Waals surface area contributed by atoms with E-state index in [2.05, 4.69) is 5.32 Å². The number of carbonyl (C=O) groups is 2. The third-order valence-electron chi connectivity index (χ3n) is 2.77. The first-order valence-corrected chi connectivity index (χ1v) is 7.72. The van der Waals surface area contributed by atoms with Crippen LogP contribution in [-0.2, 0) is 9.53 Å². The van der Waals surface area contributed by atoms with Gasteiger partial charge in [0.15, 0.2) is 6.61 Å². The molecule has 0 spiro atoms. The number of anilines is 1. The minimum atomic E-state index is -0.446. The van der Waals surface area contributed by atoms with Gasteiger partial charge in [-0.05, 0) is 43.0 Å². The molecule has 1 heterocycles. The maximum atomic E-state index is 11.9. The van der Waals surface area contributed by atoms with Crippen molar-refractivity contribution < 1.29 is 19.1 Å². The number of benzene rings is 1. The smallest absolute Gasteiger partial charge is 0.341 e. The molecule has 1 N–H and O–H groups in total. The fourth-order valence-corrected chi connectivity index (χ4v) is 2.58. The summed E-state index contributed by atoms with van der Waals surface area (Å²) in [5, 5.41) is 4.86. The van der Waals surface area contributed by atoms with Gasteiger partial charge in [0, 0.05) is 0 Å². The first-order valence-electron chi connectivity index (χ1n) is 6.84. The molecule has 2 rings (SSSR count). The topological polar surface area (TPSA) is 64.6 Å². The Morgan fingerprint density at radius 1 is 1.27 bits per heavy atom. The quantitative estimate of drug-likeness (QED) is 0.830. The number of thiophene rings is 1. The SMILES string of the molecule is CCOC(=O)c1ccsc1NC(=O)COc1cccc(C)c1. The van der Waals surface area contributed by atoms with Gasteiger partial charge in [0.1, 0.15) is 10.8 Å². The highest BCUT2D eigenvalue weighted by atomic mass is 32.1. The highest BCUT2D eigenvalue weighted by Crippen LogP contribution is 2.24. The first-order chi connectivity index (χ1) is 10.6. The monoisotopic (exact) mass is 319 g/mol. The van der Waals surface area contributed by atoms with Crippen LogP contribution < -0.4 is 10.1 Å². The zero-order chi connectivity index (χ0) is 15.9. The Bertz CT molecular complexity index is 666. The Balaban J connectivity index is 1.92. The van der Waals surface area contributed by atoms with Crippen LogP contribution in [0.3, 0.4) is 0 Å². The van der Waals surface area contributed by atoms with Crippen molar-refractivity contribution in [3.05, 3.63) is 46.8 Å². The highest BCUT2D eigenvalue weighted by Gasteiger charge is 2.16. The molecular formula is C16H17NO4S. The van der Waals surface area contributed by atoms with Crippen molar-refractivity contribution in [2.45, 2.75) is 13.8 Å². The molecule has 0 aliphatic heterocycles. The summed E-state index contributed by atoms with van der Waals surface area (Å²) in [4.78, 5) is 23.6. The number of rotatable bonds is 6. The van der Waals surface area contributed by atoms with Gasteiger partial charge in [0.2, 0.25) is 0 Å². The molecule has 0 saturated carbocycles. The van der Waals surface area contributed by atoms with Crippen molar-refractivity contribution in [1.29, 1.82) is 0 Å². The van der Waals surface area contributed by atoms with Gasteiger partial charge in [-0.1, -0.05) is 12.1 Å². The molecule has 0 saturated heterocycles. The van der Waals surface area contributed by atoms with Gasteiger partial charge >= 0.3 is 5.97 Å². The predicted molar refractivity (Wildman–Crippen MR) is 85.6 cm³/mol. The van der Waals surface area contributed by atoms with E-state index in [1.807, 2.05) is 25.1 Å². The van der Waals surface area contributed by atoms with Crippen LogP contribution in [0.25, 0.3) is 0 Å². The minimum absolute atomic E-state index is 0.121. The Kier molecular flexibility index (Phi) is 5.55. The van der Waals surface area contributed by atoms with E-state index in [1.165, 1.54) is 11.3 Å². The summed E-state index contributed by atoms with van der Waals surface area (Å²) in [5.74, 6) is -0.139. The molecule has 1 aromatic carbocycles. The Morgan fingerprint density at radius 2 is 2.09 bits per heavy atom. The van der Waals surface area contributed by atoms with E-state index in [0.717, 1.165) is 5.56 Å². The van der Waals surface area contributed by atoms with E-state index in [9.17, 15) is 9.59 Å². The second kappa shape index (κ2) is 7.61. The summed E-state index contributed by atoms with van der Waals surface area (Å²) < 4.78 is 10.4. The van der Waals surface area contributed by atoms with Gasteiger partial charge in [0.05, 0.1) is 12.2 Å². The molecule has 0 aliphatic carbocycles. The molecule has 0 unspecified atom stereocenters. The van der Waals surface area contributed by atoms with Crippen molar-refractivity contribution in [2.24, 2.45) is 0 Å². The maximum absolute atomic E-state index is 11.9. The van der Waals surface area contributed by atoms with Crippen LogP contribution in [0.15, 0.2) is 35.7 Å². The molecule has 0 fully saturated rings. The van der Waals surface area contributed by atoms with Gasteiger partial charge in [-0.2, -0.15) is 0 Å². The van der Waals surface area contributed by atoms with E-state index in [4.69, 9.17) is 9.47 Å². The lowest BCUT2D eigenvalue weighted by Gasteiger charge is -2.08. The summed E-state index contributed by atoms with van der Waals surface area (Å²) in [5.41, 5.74) is 1.41. The van der Waals surface area contributed by atoms with Crippen molar-refractivity contribution >= 4 is 28.2 Å². The summed E-state index contributed by atoms with van der Waals surface area (Å²) in [6, 6.07) is 9.07. The van der Waals surface area contributed by atoms with Crippen LogP contribution in [0, 0.1) is 6.92 Å². The Labute approximate surface area is 132 Å². The van der Waals surface area contributed by atoms with E-state index in [-0.39, 0.29) is 12.5 Å². The zero-order valence-electron chi connectivity index (χ0n) is 12.4. The van der Waals surface area contributed by atoms with Gasteiger partial charge in [-0.15, -0.1) is 11.3 Å². The molecule has 22 heavy (non-hydrogen) atoms. The lowest BCUT2D eigenvalue weighted by molar-refractivity contribution is -0.118. The Morgan fingerprint density at radius 3 is 2.82 bits per heavy atom. The number of hydrogen-bond acceptors (Lipinski definition) is 5. The fraction of sp³-hybridized carbons (Fsp3) is 0.250. The molecule has 5 nitrogen and oxygen atoms in total. The normalized spacial score (nSPS) is 10.1. The molecule has 0 radical (unpaired) electrons. The molecule has 1 aromatic heterocycles. The number of esters is 1. The average molecular weight is 319 g/mol. The molecule has 0 bridgehead atoms. The largest absolute Gasteiger partial charge is 0.484 e. The van der Waals surface area contributed by atoms with Gasteiger partial charge in [-0.3, -0.25) is 4.79 Å². The molecule has 6 heteroatoms. The van der Waals surface area contributed by atoms with E-state index < -0.39 is 5.97 Å². The molecule has 0 aliphatic rings. The van der Waals surface area contributed by atoms with E-state index >= 15 is 0 Å². The van der Waals surface area contributed by atoms with Gasteiger partial charge in [-0.25, -0.2) is 4.79 Å². The zero-order valence-corrected chi connectivity index (χ0v) is 13.2. The van der Waals surface area contributed by atoms with Crippen molar-refractivity contribution in [3.63, 3.8) is 0 Å². The number of ether oxygens (including phenoxy) is 2. The van der Waals surface area contributed by atoms with Crippen LogP contribution in [0.1, 0.15) is 22.8 Å². The lowest BCUT2D eigenvalue weighted by atomic mass is 10.2. The van der Waals surface area contributed by atoms with Crippen molar-refractivity contribution in [1.82, 2.24) is 0 Å². The van der Waals surface area contributed by atoms with E-state index in [1.54, 1.807) is 24.4 Å². The third kappa shape index (κ3) is 4.33. The predicted octanol–water partition coefficient (Wildman–Crippen LogP) is 3.25. The molecular weight excluding hydrogens is 302 g/mol. The molecule has 2 aromatic rings. The molecule has 1 amide bonds. The first kappa shape index (κ1) is 16.0. The number of nitrogens with one attached hydrogen (secondary N) is 1. The lowest BCUT2D eigenvalue weighted by Crippen LogP contribution is -2.21. The summed E-state index contributed by atoms with van der Waals surface area (Å²) in [6.45, 7) is 3.85. The van der Waals surface area contributed by atoms with Crippen LogP contribution >= 0.6 is 11.3 Å². The van der Waals surface area contributed by atoms with Crippen LogP contribution in [0.5, 0.6) is 5.75 Å². The molecule has 116 valence electrons. The van der Waals surface area contributed by atoms with Crippen molar-refractivity contribution in [3.8, 4) is 5.75 Å². The Hall–Kier alpha value is -2.34. The average Bonchev–Trinajstić information content (AvgIpc) is 2.94. The molecule has 0 atom stereocenters. The third-order valence-corrected chi connectivity index (χ3v) is 3.60. The van der Waals surface area contributed by atoms with Crippen LogP contribution in [0.2, 0.25) is 0 Å². The standard InChI is InChI=1S/C16H17NO4S/c1-3-20-16(19)13-7-8-22-15(13)17-14(18)10-21-12-6-4-5-11(2)9-12/h4-9H,3,10H2,1-2H3,(H,17,18). The van der Waals surface area contributed by atoms with E-state index in [0.29, 0.717) is 22.9 Å². The maximum Gasteiger partial charge on any atom is 0.341 e. The van der Waals surface area contributed by atoms with Crippen molar-refractivity contribution in [2.75, 3.05) is 18.5 Å². The van der Waals surface area contributed by atoms with Gasteiger partial charge in [0.25, 0.3) is 5.91 Å². The summed E-state index contributed by atoms with van der Waals surface area (Å²) in [6.07, 6.45) is 0. The number of aryl methyl sites for hydroxylation is 1. The number of carbonyl (C=O) groups excluding carboxylic acids is 2.